The number of aromatic nitrogens is 1. The van der Waals surface area contributed by atoms with Crippen LogP contribution in [0.3, 0.4) is 0 Å². The van der Waals surface area contributed by atoms with Crippen LogP contribution in [-0.2, 0) is 0 Å². The van der Waals surface area contributed by atoms with Crippen LogP contribution in [0.1, 0.15) is 61.7 Å². The SMILES string of the molecule is CNC(=O)c1cccnc1NCC1(N2CCCCC2)CCCCC1. The Kier molecular flexibility index (Phi) is 5.72. The van der Waals surface area contributed by atoms with Crippen molar-refractivity contribution in [1.82, 2.24) is 15.2 Å². The van der Waals surface area contributed by atoms with E-state index in [1.54, 1.807) is 13.2 Å². The highest BCUT2D eigenvalue weighted by Gasteiger charge is 2.38. The molecule has 3 rings (SSSR count). The van der Waals surface area contributed by atoms with Crippen LogP contribution in [0, 0.1) is 0 Å². The number of rotatable bonds is 5. The highest BCUT2D eigenvalue weighted by Crippen LogP contribution is 2.35. The molecule has 0 atom stereocenters. The molecule has 1 saturated heterocycles. The van der Waals surface area contributed by atoms with Gasteiger partial charge in [-0.1, -0.05) is 25.7 Å². The van der Waals surface area contributed by atoms with Crippen molar-refractivity contribution in [2.75, 3.05) is 32.0 Å². The predicted octanol–water partition coefficient (Wildman–Crippen LogP) is 3.04. The first kappa shape index (κ1) is 17.2. The Morgan fingerprint density at radius 2 is 1.88 bits per heavy atom. The van der Waals surface area contributed by atoms with Crippen LogP contribution in [-0.4, -0.2) is 48.0 Å². The summed E-state index contributed by atoms with van der Waals surface area (Å²) in [5.74, 6) is 0.625. The van der Waals surface area contributed by atoms with Gasteiger partial charge in [0.1, 0.15) is 5.82 Å². The van der Waals surface area contributed by atoms with Crippen LogP contribution in [0.15, 0.2) is 18.3 Å². The molecule has 132 valence electrons. The zero-order chi connectivity index (χ0) is 16.8. The molecule has 1 amide bonds. The number of likely N-dealkylation sites (tertiary alicyclic amines) is 1. The summed E-state index contributed by atoms with van der Waals surface area (Å²) in [5, 5.41) is 6.23. The van der Waals surface area contributed by atoms with E-state index in [0.29, 0.717) is 11.4 Å². The highest BCUT2D eigenvalue weighted by atomic mass is 16.1. The second-order valence-corrected chi connectivity index (χ2v) is 7.16. The van der Waals surface area contributed by atoms with Gasteiger partial charge in [-0.3, -0.25) is 9.69 Å². The Morgan fingerprint density at radius 1 is 1.17 bits per heavy atom. The summed E-state index contributed by atoms with van der Waals surface area (Å²) in [6, 6.07) is 3.65. The van der Waals surface area contributed by atoms with Crippen LogP contribution < -0.4 is 10.6 Å². The van der Waals surface area contributed by atoms with Crippen LogP contribution in [0.2, 0.25) is 0 Å². The Bertz CT molecular complexity index is 548. The first-order chi connectivity index (χ1) is 11.7. The van der Waals surface area contributed by atoms with Crippen LogP contribution >= 0.6 is 0 Å². The molecule has 2 N–H and O–H groups in total. The molecule has 2 heterocycles. The summed E-state index contributed by atoms with van der Waals surface area (Å²) in [6.45, 7) is 3.31. The highest BCUT2D eigenvalue weighted by molar-refractivity contribution is 5.98. The van der Waals surface area contributed by atoms with Gasteiger partial charge in [-0.2, -0.15) is 0 Å². The average molecular weight is 330 g/mol. The van der Waals surface area contributed by atoms with Crippen LogP contribution in [0.25, 0.3) is 0 Å². The molecule has 1 aliphatic heterocycles. The Balaban J connectivity index is 1.75. The van der Waals surface area contributed by atoms with Gasteiger partial charge in [-0.25, -0.2) is 4.98 Å². The molecular formula is C19H30N4O. The summed E-state index contributed by atoms with van der Waals surface area (Å²) >= 11 is 0. The van der Waals surface area contributed by atoms with Crippen molar-refractivity contribution in [1.29, 1.82) is 0 Å². The normalized spacial score (nSPS) is 21.2. The van der Waals surface area contributed by atoms with E-state index in [2.05, 4.69) is 20.5 Å². The molecule has 1 aromatic rings. The van der Waals surface area contributed by atoms with Crippen molar-refractivity contribution in [3.63, 3.8) is 0 Å². The lowest BCUT2D eigenvalue weighted by atomic mass is 9.79. The van der Waals surface area contributed by atoms with Gasteiger partial charge in [0.2, 0.25) is 0 Å². The maximum Gasteiger partial charge on any atom is 0.254 e. The minimum Gasteiger partial charge on any atom is -0.368 e. The van der Waals surface area contributed by atoms with Gasteiger partial charge in [0.15, 0.2) is 0 Å². The van der Waals surface area contributed by atoms with Crippen molar-refractivity contribution in [3.05, 3.63) is 23.9 Å². The predicted molar refractivity (Wildman–Crippen MR) is 97.4 cm³/mol. The first-order valence-corrected chi connectivity index (χ1v) is 9.41. The third-order valence-electron chi connectivity index (χ3n) is 5.68. The van der Waals surface area contributed by atoms with E-state index in [-0.39, 0.29) is 11.4 Å². The maximum atomic E-state index is 12.1. The third kappa shape index (κ3) is 3.72. The number of carbonyl (C=O) groups is 1. The topological polar surface area (TPSA) is 57.3 Å². The van der Waals surface area contributed by atoms with E-state index in [0.717, 1.165) is 6.54 Å². The number of carbonyl (C=O) groups excluding carboxylic acids is 1. The summed E-state index contributed by atoms with van der Waals surface area (Å²) in [5.41, 5.74) is 0.862. The molecule has 0 aromatic carbocycles. The molecule has 0 bridgehead atoms. The summed E-state index contributed by atoms with van der Waals surface area (Å²) in [6.07, 6.45) is 12.2. The van der Waals surface area contributed by atoms with Crippen molar-refractivity contribution in [3.8, 4) is 0 Å². The van der Waals surface area contributed by atoms with Gasteiger partial charge in [0, 0.05) is 25.3 Å². The smallest absolute Gasteiger partial charge is 0.254 e. The number of hydrogen-bond donors (Lipinski definition) is 2. The molecule has 0 spiro atoms. The summed E-state index contributed by atoms with van der Waals surface area (Å²) < 4.78 is 0. The zero-order valence-electron chi connectivity index (χ0n) is 14.8. The van der Waals surface area contributed by atoms with E-state index in [4.69, 9.17) is 0 Å². The molecule has 5 heteroatoms. The zero-order valence-corrected chi connectivity index (χ0v) is 14.8. The second kappa shape index (κ2) is 7.97. The standard InChI is InChI=1S/C19H30N4O/c1-20-18(24)16-9-8-12-21-17(16)22-15-19(10-4-2-5-11-19)23-13-6-3-7-14-23/h8-9,12H,2-7,10-11,13-15H2,1H3,(H,20,24)(H,21,22). The maximum absolute atomic E-state index is 12.1. The molecule has 24 heavy (non-hydrogen) atoms. The van der Waals surface area contributed by atoms with Crippen LogP contribution in [0.5, 0.6) is 0 Å². The molecule has 1 aromatic heterocycles. The van der Waals surface area contributed by atoms with Crippen molar-refractivity contribution < 1.29 is 4.79 Å². The summed E-state index contributed by atoms with van der Waals surface area (Å²) in [7, 11) is 1.66. The largest absolute Gasteiger partial charge is 0.368 e. The molecule has 0 unspecified atom stereocenters. The lowest BCUT2D eigenvalue weighted by Crippen LogP contribution is -2.56. The van der Waals surface area contributed by atoms with Crippen molar-refractivity contribution in [2.45, 2.75) is 56.9 Å². The fourth-order valence-corrected chi connectivity index (χ4v) is 4.30. The van der Waals surface area contributed by atoms with Gasteiger partial charge in [0.05, 0.1) is 5.56 Å². The number of nitrogens with zero attached hydrogens (tertiary/aromatic N) is 2. The fourth-order valence-electron chi connectivity index (χ4n) is 4.30. The van der Waals surface area contributed by atoms with Crippen LogP contribution in [0.4, 0.5) is 5.82 Å². The molecule has 1 aliphatic carbocycles. The minimum atomic E-state index is -0.0822. The Labute approximate surface area is 145 Å². The van der Waals surface area contributed by atoms with E-state index in [1.807, 2.05) is 12.1 Å². The average Bonchev–Trinajstić information content (AvgIpc) is 2.67. The quantitative estimate of drug-likeness (QED) is 0.871. The van der Waals surface area contributed by atoms with E-state index in [9.17, 15) is 4.79 Å². The number of nitrogens with one attached hydrogen (secondary N) is 2. The van der Waals surface area contributed by atoms with E-state index in [1.165, 1.54) is 64.5 Å². The first-order valence-electron chi connectivity index (χ1n) is 9.41. The van der Waals surface area contributed by atoms with Crippen molar-refractivity contribution in [2.24, 2.45) is 0 Å². The Morgan fingerprint density at radius 3 is 2.58 bits per heavy atom. The molecule has 2 fully saturated rings. The lowest BCUT2D eigenvalue weighted by molar-refractivity contribution is 0.0436. The molecule has 5 nitrogen and oxygen atoms in total. The molecule has 0 radical (unpaired) electrons. The number of hydrogen-bond acceptors (Lipinski definition) is 4. The fraction of sp³-hybridized carbons (Fsp3) is 0.684. The van der Waals surface area contributed by atoms with E-state index >= 15 is 0 Å². The lowest BCUT2D eigenvalue weighted by Gasteiger charge is -2.48. The molecular weight excluding hydrogens is 300 g/mol. The molecule has 2 aliphatic rings. The van der Waals surface area contributed by atoms with Gasteiger partial charge in [0.25, 0.3) is 5.91 Å². The third-order valence-corrected chi connectivity index (χ3v) is 5.68. The number of piperidine rings is 1. The minimum absolute atomic E-state index is 0.0822. The Hall–Kier alpha value is -1.62. The van der Waals surface area contributed by atoms with Gasteiger partial charge in [-0.15, -0.1) is 0 Å². The number of amides is 1. The van der Waals surface area contributed by atoms with Crippen molar-refractivity contribution >= 4 is 11.7 Å². The van der Waals surface area contributed by atoms with Gasteiger partial charge >= 0.3 is 0 Å². The monoisotopic (exact) mass is 330 g/mol. The summed E-state index contributed by atoms with van der Waals surface area (Å²) in [4.78, 5) is 19.2. The molecule has 1 saturated carbocycles. The number of pyridine rings is 1. The second-order valence-electron chi connectivity index (χ2n) is 7.16. The van der Waals surface area contributed by atoms with Gasteiger partial charge in [-0.05, 0) is 50.9 Å². The van der Waals surface area contributed by atoms with E-state index < -0.39 is 0 Å². The number of anilines is 1. The van der Waals surface area contributed by atoms with Gasteiger partial charge < -0.3 is 10.6 Å².